The molecule has 0 radical (unpaired) electrons. The molecule has 1 atom stereocenters. The lowest BCUT2D eigenvalue weighted by Gasteiger charge is -2.35. The van der Waals surface area contributed by atoms with Crippen LogP contribution in [0.15, 0.2) is 47.1 Å². The number of para-hydroxylation sites is 1. The Morgan fingerprint density at radius 3 is 2.56 bits per heavy atom. The highest BCUT2D eigenvalue weighted by Gasteiger charge is 2.32. The fraction of sp³-hybridized carbons (Fsp3) is 0.393. The van der Waals surface area contributed by atoms with E-state index in [-0.39, 0.29) is 21.1 Å². The maximum atomic E-state index is 13.3. The van der Waals surface area contributed by atoms with E-state index in [0.29, 0.717) is 32.7 Å². The first-order chi connectivity index (χ1) is 20.5. The van der Waals surface area contributed by atoms with Gasteiger partial charge >= 0.3 is 6.09 Å². The highest BCUT2D eigenvalue weighted by Crippen LogP contribution is 2.31. The summed E-state index contributed by atoms with van der Waals surface area (Å²) in [5, 5.41) is 15.5. The summed E-state index contributed by atoms with van der Waals surface area (Å²) in [7, 11) is 0.255. The molecule has 3 N–H and O–H groups in total. The van der Waals surface area contributed by atoms with Gasteiger partial charge in [0.05, 0.1) is 16.9 Å². The van der Waals surface area contributed by atoms with Crippen LogP contribution in [0.1, 0.15) is 18.3 Å². The number of anilines is 2. The Balaban J connectivity index is 1.22. The Bertz CT molecular complexity index is 1700. The van der Waals surface area contributed by atoms with E-state index >= 15 is 0 Å². The highest BCUT2D eigenvalue weighted by molar-refractivity contribution is 7.91. The van der Waals surface area contributed by atoms with Gasteiger partial charge in [-0.05, 0) is 40.1 Å². The van der Waals surface area contributed by atoms with Gasteiger partial charge in [-0.15, -0.1) is 0 Å². The summed E-state index contributed by atoms with van der Waals surface area (Å²) >= 11 is 0.830. The van der Waals surface area contributed by atoms with Crippen LogP contribution in [0, 0.1) is 6.92 Å². The van der Waals surface area contributed by atoms with Gasteiger partial charge in [0.25, 0.3) is 10.0 Å². The van der Waals surface area contributed by atoms with Crippen LogP contribution in [0.4, 0.5) is 15.7 Å². The van der Waals surface area contributed by atoms with Gasteiger partial charge in [-0.1, -0.05) is 29.5 Å². The molecule has 4 aromatic rings. The number of hydrogen-bond acceptors (Lipinski definition) is 11. The van der Waals surface area contributed by atoms with Crippen molar-refractivity contribution in [2.45, 2.75) is 30.6 Å². The first-order valence-corrected chi connectivity index (χ1v) is 16.1. The van der Waals surface area contributed by atoms with E-state index in [9.17, 15) is 13.2 Å². The number of rotatable bonds is 10. The highest BCUT2D eigenvalue weighted by atomic mass is 32.2. The van der Waals surface area contributed by atoms with E-state index in [2.05, 4.69) is 53.4 Å². The molecular formula is C28H35N9O4S2. The van der Waals surface area contributed by atoms with Crippen molar-refractivity contribution in [2.75, 3.05) is 57.5 Å². The summed E-state index contributed by atoms with van der Waals surface area (Å²) in [6.07, 6.45) is 2.16. The number of nitrogens with one attached hydrogen (secondary N) is 2. The van der Waals surface area contributed by atoms with Crippen molar-refractivity contribution in [3.05, 3.63) is 54.2 Å². The minimum atomic E-state index is -3.78. The number of carbonyl (C=O) groups is 1. The molecule has 13 nitrogen and oxygen atoms in total. The molecule has 0 bridgehead atoms. The molecule has 0 saturated carbocycles. The fourth-order valence-corrected chi connectivity index (χ4v) is 8.10. The van der Waals surface area contributed by atoms with Gasteiger partial charge in [0, 0.05) is 68.0 Å². The molecule has 1 fully saturated rings. The number of sulfonamides is 1. The maximum absolute atomic E-state index is 13.3. The summed E-state index contributed by atoms with van der Waals surface area (Å²) in [6.45, 7) is 6.90. The normalized spacial score (nSPS) is 15.6. The zero-order valence-electron chi connectivity index (χ0n) is 24.5. The Labute approximate surface area is 254 Å². The molecule has 43 heavy (non-hydrogen) atoms. The molecule has 1 aliphatic heterocycles. The van der Waals surface area contributed by atoms with Gasteiger partial charge in [0.1, 0.15) is 12.1 Å². The smallest absolute Gasteiger partial charge is 0.410 e. The predicted molar refractivity (Wildman–Crippen MR) is 167 cm³/mol. The van der Waals surface area contributed by atoms with Crippen molar-refractivity contribution in [1.29, 1.82) is 0 Å². The van der Waals surface area contributed by atoms with Crippen molar-refractivity contribution in [2.24, 2.45) is 0 Å². The molecule has 1 amide bonds. The third-order valence-electron chi connectivity index (χ3n) is 7.07. The number of hydrogen-bond donors (Lipinski definition) is 3. The number of nitrogens with zero attached hydrogens (tertiary/aromatic N) is 7. The summed E-state index contributed by atoms with van der Waals surface area (Å²) in [6, 6.07) is 10.2. The molecule has 5 rings (SSSR count). The van der Waals surface area contributed by atoms with E-state index in [1.54, 1.807) is 13.3 Å². The van der Waals surface area contributed by atoms with Crippen LogP contribution >= 0.6 is 11.3 Å². The van der Waals surface area contributed by atoms with Crippen molar-refractivity contribution in [3.63, 3.8) is 0 Å². The van der Waals surface area contributed by atoms with Gasteiger partial charge in [-0.2, -0.15) is 4.31 Å². The Hall–Kier alpha value is -3.76. The molecule has 4 heterocycles. The van der Waals surface area contributed by atoms with Crippen LogP contribution < -0.4 is 10.6 Å². The zero-order valence-corrected chi connectivity index (χ0v) is 26.1. The second kappa shape index (κ2) is 12.9. The van der Waals surface area contributed by atoms with Crippen LogP contribution in [0.2, 0.25) is 0 Å². The lowest BCUT2D eigenvalue weighted by Crippen LogP contribution is -2.50. The second-order valence-electron chi connectivity index (χ2n) is 10.8. The molecule has 0 aliphatic carbocycles. The van der Waals surface area contributed by atoms with Crippen molar-refractivity contribution < 1.29 is 18.3 Å². The van der Waals surface area contributed by atoms with Crippen molar-refractivity contribution in [1.82, 2.24) is 34.0 Å². The number of aromatic nitrogens is 4. The van der Waals surface area contributed by atoms with Gasteiger partial charge < -0.3 is 15.3 Å². The molecule has 1 saturated heterocycles. The molecule has 0 unspecified atom stereocenters. The molecule has 228 valence electrons. The number of benzene rings is 1. The Morgan fingerprint density at radius 2 is 1.88 bits per heavy atom. The molecule has 3 aromatic heterocycles. The van der Waals surface area contributed by atoms with E-state index in [4.69, 9.17) is 5.11 Å². The summed E-state index contributed by atoms with van der Waals surface area (Å²) < 4.78 is 28.0. The predicted octanol–water partition coefficient (Wildman–Crippen LogP) is 3.42. The minimum absolute atomic E-state index is 0.0327. The standard InChI is InChI=1S/C28H35N9O4S2/c1-18(15-36-10-12-37(13-11-36)43(40,41)26-19(2)33-27(42-26)34-28(38)39)32-25-23-7-5-6-22(24(23)30-17-31-25)20-8-9-21(29-14-20)16-35(3)4/h5-9,14,17-18H,10-13,15-16H2,1-4H3,(H,33,34)(H,38,39)(H,30,31,32)/t18-/m0/s1. The van der Waals surface area contributed by atoms with E-state index in [0.717, 1.165) is 51.4 Å². The number of thiazole rings is 1. The fourth-order valence-electron chi connectivity index (χ4n) is 5.14. The summed E-state index contributed by atoms with van der Waals surface area (Å²) in [4.78, 5) is 33.0. The summed E-state index contributed by atoms with van der Waals surface area (Å²) in [5.41, 5.74) is 4.10. The minimum Gasteiger partial charge on any atom is -0.465 e. The molecule has 1 aliphatic rings. The van der Waals surface area contributed by atoms with Gasteiger partial charge in [0.2, 0.25) is 0 Å². The van der Waals surface area contributed by atoms with E-state index < -0.39 is 16.1 Å². The number of carboxylic acid groups (broad SMARTS) is 1. The average Bonchev–Trinajstić information content (AvgIpc) is 3.33. The van der Waals surface area contributed by atoms with E-state index in [1.807, 2.05) is 44.6 Å². The number of amides is 1. The average molecular weight is 626 g/mol. The maximum Gasteiger partial charge on any atom is 0.410 e. The van der Waals surface area contributed by atoms with Crippen LogP contribution in [0.5, 0.6) is 0 Å². The first kappa shape index (κ1) is 30.7. The SMILES string of the molecule is Cc1nc(NC(=O)O)sc1S(=O)(=O)N1CCN(C[C@H](C)Nc2ncnc3c(-c4ccc(CN(C)C)nc4)cccc23)CC1. The van der Waals surface area contributed by atoms with Gasteiger partial charge in [-0.3, -0.25) is 15.2 Å². The van der Waals surface area contributed by atoms with Crippen LogP contribution in [0.3, 0.4) is 0 Å². The molecular weight excluding hydrogens is 591 g/mol. The van der Waals surface area contributed by atoms with Crippen molar-refractivity contribution >= 4 is 49.3 Å². The van der Waals surface area contributed by atoms with Gasteiger partial charge in [-0.25, -0.2) is 28.2 Å². The van der Waals surface area contributed by atoms with Crippen LogP contribution in [-0.4, -0.2) is 107 Å². The second-order valence-corrected chi connectivity index (χ2v) is 13.9. The zero-order chi connectivity index (χ0) is 30.7. The third kappa shape index (κ3) is 7.08. The van der Waals surface area contributed by atoms with Gasteiger partial charge in [0.15, 0.2) is 9.34 Å². The third-order valence-corrected chi connectivity index (χ3v) is 10.6. The van der Waals surface area contributed by atoms with Crippen LogP contribution in [0.25, 0.3) is 22.0 Å². The quantitative estimate of drug-likeness (QED) is 0.237. The van der Waals surface area contributed by atoms with Crippen molar-refractivity contribution in [3.8, 4) is 11.1 Å². The number of piperazine rings is 1. The molecule has 15 heteroatoms. The largest absolute Gasteiger partial charge is 0.465 e. The Kier molecular flexibility index (Phi) is 9.17. The number of fused-ring (bicyclic) bond motifs is 1. The monoisotopic (exact) mass is 625 g/mol. The topological polar surface area (TPSA) is 157 Å². The lowest BCUT2D eigenvalue weighted by atomic mass is 10.0. The molecule has 1 aromatic carbocycles. The lowest BCUT2D eigenvalue weighted by molar-refractivity contribution is 0.184. The van der Waals surface area contributed by atoms with E-state index in [1.165, 1.54) is 4.31 Å². The molecule has 0 spiro atoms. The van der Waals surface area contributed by atoms with Crippen LogP contribution in [-0.2, 0) is 16.6 Å². The first-order valence-electron chi connectivity index (χ1n) is 13.8. The summed E-state index contributed by atoms with van der Waals surface area (Å²) in [5.74, 6) is 0.740. The number of aryl methyl sites for hydroxylation is 1. The number of pyridine rings is 1. The Morgan fingerprint density at radius 1 is 1.12 bits per heavy atom.